The number of carbonyl (C=O) groups is 2. The average molecular weight is 391 g/mol. The van der Waals surface area contributed by atoms with Crippen LogP contribution in [0.2, 0.25) is 5.02 Å². The molecular weight excluding hydrogens is 376 g/mol. The number of benzene rings is 3. The van der Waals surface area contributed by atoms with Crippen LogP contribution >= 0.6 is 11.6 Å². The van der Waals surface area contributed by atoms with Crippen molar-refractivity contribution in [3.8, 4) is 17.6 Å². The van der Waals surface area contributed by atoms with Crippen LogP contribution in [-0.2, 0) is 16.1 Å². The lowest BCUT2D eigenvalue weighted by Crippen LogP contribution is -2.12. The summed E-state index contributed by atoms with van der Waals surface area (Å²) in [5, 5.41) is 0.565. The molecule has 0 unspecified atom stereocenters. The Balaban J connectivity index is 1.65. The van der Waals surface area contributed by atoms with Gasteiger partial charge in [-0.2, -0.15) is 0 Å². The van der Waals surface area contributed by atoms with Crippen LogP contribution in [0.4, 0.5) is 0 Å². The molecule has 0 N–H and O–H groups in total. The van der Waals surface area contributed by atoms with Crippen molar-refractivity contribution in [3.63, 3.8) is 0 Å². The lowest BCUT2D eigenvalue weighted by molar-refractivity contribution is -0.131. The van der Waals surface area contributed by atoms with Crippen molar-refractivity contribution in [1.29, 1.82) is 0 Å². The molecule has 0 amide bonds. The molecule has 0 atom stereocenters. The van der Waals surface area contributed by atoms with Crippen LogP contribution in [0.25, 0.3) is 0 Å². The maximum atomic E-state index is 12.3. The molecule has 0 bridgehead atoms. The molecule has 0 saturated heterocycles. The van der Waals surface area contributed by atoms with Gasteiger partial charge in [-0.05, 0) is 42.0 Å². The second kappa shape index (κ2) is 9.40. The standard InChI is InChI=1S/C23H15ClO4/c24-19-13-10-17(11-14-19)12-15-22(25)28-23(26)20-8-4-5-9-21(20)27-16-18-6-2-1-3-7-18/h1-11,13-14H,16H2. The van der Waals surface area contributed by atoms with E-state index in [-0.39, 0.29) is 12.2 Å². The van der Waals surface area contributed by atoms with Gasteiger partial charge in [0.05, 0.1) is 0 Å². The summed E-state index contributed by atoms with van der Waals surface area (Å²) in [5.74, 6) is 3.47. The van der Waals surface area contributed by atoms with Crippen LogP contribution in [0.3, 0.4) is 0 Å². The topological polar surface area (TPSA) is 52.6 Å². The quantitative estimate of drug-likeness (QED) is 0.369. The smallest absolute Gasteiger partial charge is 0.392 e. The van der Waals surface area contributed by atoms with E-state index < -0.39 is 11.9 Å². The minimum absolute atomic E-state index is 0.153. The summed E-state index contributed by atoms with van der Waals surface area (Å²) in [4.78, 5) is 24.2. The number of carbonyl (C=O) groups excluding carboxylic acids is 2. The second-order valence-corrected chi connectivity index (χ2v) is 6.14. The fourth-order valence-electron chi connectivity index (χ4n) is 2.32. The number of ether oxygens (including phenoxy) is 2. The van der Waals surface area contributed by atoms with Crippen LogP contribution in [0, 0.1) is 11.8 Å². The molecule has 0 heterocycles. The molecule has 5 heteroatoms. The molecule has 0 aromatic heterocycles. The maximum Gasteiger partial charge on any atom is 0.392 e. The van der Waals surface area contributed by atoms with Crippen molar-refractivity contribution in [2.45, 2.75) is 6.61 Å². The SMILES string of the molecule is O=C(C#Cc1ccc(Cl)cc1)OC(=O)c1ccccc1OCc1ccccc1. The molecular formula is C23H15ClO4. The molecule has 0 saturated carbocycles. The molecule has 0 aliphatic heterocycles. The zero-order chi connectivity index (χ0) is 19.8. The van der Waals surface area contributed by atoms with Crippen molar-refractivity contribution >= 4 is 23.5 Å². The summed E-state index contributed by atoms with van der Waals surface area (Å²) in [6, 6.07) is 22.7. The number of para-hydroxylation sites is 1. The normalized spacial score (nSPS) is 9.75. The van der Waals surface area contributed by atoms with Crippen molar-refractivity contribution in [2.75, 3.05) is 0 Å². The molecule has 4 nitrogen and oxygen atoms in total. The summed E-state index contributed by atoms with van der Waals surface area (Å²) in [7, 11) is 0. The third-order valence-corrected chi connectivity index (χ3v) is 3.93. The second-order valence-electron chi connectivity index (χ2n) is 5.70. The molecule has 28 heavy (non-hydrogen) atoms. The molecule has 3 aromatic carbocycles. The minimum atomic E-state index is -0.946. The highest BCUT2D eigenvalue weighted by atomic mass is 35.5. The largest absolute Gasteiger partial charge is 0.488 e. The van der Waals surface area contributed by atoms with Gasteiger partial charge in [0, 0.05) is 16.5 Å². The van der Waals surface area contributed by atoms with E-state index in [0.717, 1.165) is 5.56 Å². The molecule has 0 aliphatic carbocycles. The first-order valence-corrected chi connectivity index (χ1v) is 8.79. The van der Waals surface area contributed by atoms with Gasteiger partial charge in [-0.1, -0.05) is 60.0 Å². The maximum absolute atomic E-state index is 12.3. The highest BCUT2D eigenvalue weighted by Crippen LogP contribution is 2.20. The van der Waals surface area contributed by atoms with Gasteiger partial charge in [0.1, 0.15) is 17.9 Å². The van der Waals surface area contributed by atoms with E-state index in [9.17, 15) is 9.59 Å². The number of hydrogen-bond acceptors (Lipinski definition) is 4. The number of esters is 2. The predicted octanol–water partition coefficient (Wildman–Crippen LogP) is 4.65. The van der Waals surface area contributed by atoms with Gasteiger partial charge >= 0.3 is 11.9 Å². The van der Waals surface area contributed by atoms with E-state index in [4.69, 9.17) is 21.1 Å². The van der Waals surface area contributed by atoms with Gasteiger partial charge in [-0.3, -0.25) is 0 Å². The van der Waals surface area contributed by atoms with Crippen LogP contribution in [0.5, 0.6) is 5.75 Å². The van der Waals surface area contributed by atoms with E-state index in [1.807, 2.05) is 30.3 Å². The fourth-order valence-corrected chi connectivity index (χ4v) is 2.44. The van der Waals surface area contributed by atoms with Gasteiger partial charge in [0.25, 0.3) is 0 Å². The van der Waals surface area contributed by atoms with Crippen LogP contribution < -0.4 is 4.74 Å². The van der Waals surface area contributed by atoms with E-state index in [1.165, 1.54) is 6.07 Å². The summed E-state index contributed by atoms with van der Waals surface area (Å²) >= 11 is 5.79. The lowest BCUT2D eigenvalue weighted by atomic mass is 10.2. The lowest BCUT2D eigenvalue weighted by Gasteiger charge is -2.10. The molecule has 0 fully saturated rings. The van der Waals surface area contributed by atoms with Gasteiger partial charge < -0.3 is 9.47 Å². The van der Waals surface area contributed by atoms with Gasteiger partial charge in [0.2, 0.25) is 0 Å². The number of rotatable bonds is 4. The highest BCUT2D eigenvalue weighted by molar-refractivity contribution is 6.30. The zero-order valence-corrected chi connectivity index (χ0v) is 15.5. The van der Waals surface area contributed by atoms with E-state index in [2.05, 4.69) is 11.8 Å². The average Bonchev–Trinajstić information content (AvgIpc) is 2.73. The Morgan fingerprint density at radius 3 is 2.29 bits per heavy atom. The van der Waals surface area contributed by atoms with Crippen LogP contribution in [0.1, 0.15) is 21.5 Å². The molecule has 3 rings (SSSR count). The summed E-state index contributed by atoms with van der Waals surface area (Å²) < 4.78 is 10.5. The van der Waals surface area contributed by atoms with Crippen LogP contribution in [-0.4, -0.2) is 11.9 Å². The first-order valence-electron chi connectivity index (χ1n) is 8.41. The molecule has 0 spiro atoms. The van der Waals surface area contributed by atoms with E-state index in [1.54, 1.807) is 42.5 Å². The Bertz CT molecular complexity index is 1030. The molecule has 138 valence electrons. The highest BCUT2D eigenvalue weighted by Gasteiger charge is 2.16. The molecule has 0 radical (unpaired) electrons. The Morgan fingerprint density at radius 1 is 0.857 bits per heavy atom. The molecule has 3 aromatic rings. The Morgan fingerprint density at radius 2 is 1.54 bits per heavy atom. The van der Waals surface area contributed by atoms with Crippen molar-refractivity contribution in [3.05, 3.63) is 101 Å². The summed E-state index contributed by atoms with van der Waals surface area (Å²) in [6.45, 7) is 0.287. The number of hydrogen-bond donors (Lipinski definition) is 0. The Hall–Kier alpha value is -3.55. The Kier molecular flexibility index (Phi) is 6.46. The number of halogens is 1. The summed E-state index contributed by atoms with van der Waals surface area (Å²) in [5.41, 5.74) is 1.69. The zero-order valence-electron chi connectivity index (χ0n) is 14.7. The third-order valence-electron chi connectivity index (χ3n) is 3.68. The first-order chi connectivity index (χ1) is 13.6. The van der Waals surface area contributed by atoms with E-state index >= 15 is 0 Å². The van der Waals surface area contributed by atoms with Gasteiger partial charge in [-0.15, -0.1) is 0 Å². The van der Waals surface area contributed by atoms with E-state index in [0.29, 0.717) is 16.3 Å². The van der Waals surface area contributed by atoms with Gasteiger partial charge in [-0.25, -0.2) is 9.59 Å². The minimum Gasteiger partial charge on any atom is -0.488 e. The third kappa shape index (κ3) is 5.47. The predicted molar refractivity (Wildman–Crippen MR) is 106 cm³/mol. The Labute approximate surface area is 167 Å². The van der Waals surface area contributed by atoms with Crippen LogP contribution in [0.15, 0.2) is 78.9 Å². The van der Waals surface area contributed by atoms with Crippen molar-refractivity contribution < 1.29 is 19.1 Å². The van der Waals surface area contributed by atoms with Crippen molar-refractivity contribution in [1.82, 2.24) is 0 Å². The monoisotopic (exact) mass is 390 g/mol. The molecule has 0 aliphatic rings. The fraction of sp³-hybridized carbons (Fsp3) is 0.0435. The summed E-state index contributed by atoms with van der Waals surface area (Å²) in [6.07, 6.45) is 0. The van der Waals surface area contributed by atoms with Gasteiger partial charge in [0.15, 0.2) is 0 Å². The van der Waals surface area contributed by atoms with Crippen molar-refractivity contribution in [2.24, 2.45) is 0 Å². The first kappa shape index (κ1) is 19.2.